The molecule has 1 aromatic heterocycles. The second-order valence-corrected chi connectivity index (χ2v) is 6.68. The summed E-state index contributed by atoms with van der Waals surface area (Å²) < 4.78 is 0. The molecule has 1 fully saturated rings. The number of amides is 1. The lowest BCUT2D eigenvalue weighted by Crippen LogP contribution is -2.14. The van der Waals surface area contributed by atoms with Crippen LogP contribution < -0.4 is 5.32 Å². The molecule has 0 bridgehead atoms. The Hall–Kier alpha value is -0.900. The smallest absolute Gasteiger partial charge is 0.226 e. The van der Waals surface area contributed by atoms with E-state index in [2.05, 4.69) is 24.1 Å². The average Bonchev–Trinajstić information content (AvgIpc) is 2.86. The van der Waals surface area contributed by atoms with Crippen LogP contribution in [0.4, 0.5) is 5.13 Å². The van der Waals surface area contributed by atoms with Crippen molar-refractivity contribution in [1.29, 1.82) is 0 Å². The van der Waals surface area contributed by atoms with Gasteiger partial charge in [-0.2, -0.15) is 0 Å². The first-order valence-corrected chi connectivity index (χ1v) is 8.28. The highest BCUT2D eigenvalue weighted by molar-refractivity contribution is 7.13. The maximum atomic E-state index is 11.9. The van der Waals surface area contributed by atoms with Crippen LogP contribution in [0.5, 0.6) is 0 Å². The maximum Gasteiger partial charge on any atom is 0.226 e. The fourth-order valence-electron chi connectivity index (χ4n) is 2.60. The second-order valence-electron chi connectivity index (χ2n) is 5.82. The first-order chi connectivity index (χ1) is 9.15. The van der Waals surface area contributed by atoms with E-state index < -0.39 is 0 Å². The van der Waals surface area contributed by atoms with E-state index in [1.54, 1.807) is 0 Å². The molecule has 106 valence electrons. The molecule has 1 aromatic rings. The minimum atomic E-state index is 0.121. The lowest BCUT2D eigenvalue weighted by Gasteiger charge is -2.20. The van der Waals surface area contributed by atoms with Gasteiger partial charge < -0.3 is 5.32 Å². The normalized spacial score (nSPS) is 16.8. The summed E-state index contributed by atoms with van der Waals surface area (Å²) >= 11 is 1.52. The fraction of sp³-hybridized carbons (Fsp3) is 0.733. The number of carbonyl (C=O) groups is 1. The van der Waals surface area contributed by atoms with Gasteiger partial charge in [0.1, 0.15) is 0 Å². The Bertz CT molecular complexity index is 408. The minimum Gasteiger partial charge on any atom is -0.302 e. The van der Waals surface area contributed by atoms with E-state index in [0.29, 0.717) is 12.3 Å². The molecule has 3 nitrogen and oxygen atoms in total. The number of aromatic nitrogens is 1. The third kappa shape index (κ3) is 4.60. The van der Waals surface area contributed by atoms with Crippen molar-refractivity contribution >= 4 is 22.4 Å². The Labute approximate surface area is 119 Å². The van der Waals surface area contributed by atoms with Crippen LogP contribution in [0.1, 0.15) is 70.4 Å². The summed E-state index contributed by atoms with van der Waals surface area (Å²) in [7, 11) is 0. The Balaban J connectivity index is 1.73. The second kappa shape index (κ2) is 7.04. The molecule has 1 aliphatic carbocycles. The van der Waals surface area contributed by atoms with Gasteiger partial charge in [-0.1, -0.05) is 46.0 Å². The SMILES string of the molecule is CC(C)c1csc(NC(=O)CCC2CCCCC2)n1. The van der Waals surface area contributed by atoms with E-state index in [1.807, 2.05) is 5.38 Å². The molecule has 1 N–H and O–H groups in total. The topological polar surface area (TPSA) is 42.0 Å². The van der Waals surface area contributed by atoms with Gasteiger partial charge in [0.15, 0.2) is 5.13 Å². The Morgan fingerprint density at radius 2 is 2.16 bits per heavy atom. The van der Waals surface area contributed by atoms with Gasteiger partial charge in [-0.05, 0) is 18.3 Å². The fourth-order valence-corrected chi connectivity index (χ4v) is 3.49. The molecular weight excluding hydrogens is 256 g/mol. The van der Waals surface area contributed by atoms with E-state index in [9.17, 15) is 4.79 Å². The molecule has 0 aromatic carbocycles. The molecule has 0 spiro atoms. The minimum absolute atomic E-state index is 0.121. The van der Waals surface area contributed by atoms with Crippen molar-refractivity contribution in [1.82, 2.24) is 4.98 Å². The highest BCUT2D eigenvalue weighted by Crippen LogP contribution is 2.27. The standard InChI is InChI=1S/C15H24N2OS/c1-11(2)13-10-19-15(16-13)17-14(18)9-8-12-6-4-3-5-7-12/h10-12H,3-9H2,1-2H3,(H,16,17,18). The summed E-state index contributed by atoms with van der Waals surface area (Å²) in [4.78, 5) is 16.3. The molecule has 0 aliphatic heterocycles. The molecule has 0 atom stereocenters. The molecule has 0 saturated heterocycles. The van der Waals surface area contributed by atoms with Crippen LogP contribution in [-0.4, -0.2) is 10.9 Å². The monoisotopic (exact) mass is 280 g/mol. The number of anilines is 1. The van der Waals surface area contributed by atoms with Gasteiger partial charge in [-0.3, -0.25) is 4.79 Å². The maximum absolute atomic E-state index is 11.9. The molecule has 1 amide bonds. The van der Waals surface area contributed by atoms with Crippen molar-refractivity contribution in [3.05, 3.63) is 11.1 Å². The van der Waals surface area contributed by atoms with Crippen molar-refractivity contribution in [2.45, 2.75) is 64.7 Å². The zero-order valence-corrected chi connectivity index (χ0v) is 12.8. The highest BCUT2D eigenvalue weighted by atomic mass is 32.1. The number of carbonyl (C=O) groups excluding carboxylic acids is 1. The van der Waals surface area contributed by atoms with Crippen LogP contribution in [0.15, 0.2) is 5.38 Å². The van der Waals surface area contributed by atoms with Gasteiger partial charge in [0.2, 0.25) is 5.91 Å². The van der Waals surface area contributed by atoms with Crippen molar-refractivity contribution in [2.24, 2.45) is 5.92 Å². The molecule has 4 heteroatoms. The lowest BCUT2D eigenvalue weighted by atomic mass is 9.86. The van der Waals surface area contributed by atoms with Gasteiger partial charge >= 0.3 is 0 Å². The third-order valence-corrected chi connectivity index (χ3v) is 4.64. The zero-order chi connectivity index (χ0) is 13.7. The number of hydrogen-bond acceptors (Lipinski definition) is 3. The molecule has 2 rings (SSSR count). The van der Waals surface area contributed by atoms with Crippen LogP contribution >= 0.6 is 11.3 Å². The predicted octanol–water partition coefficient (Wildman–Crippen LogP) is 4.57. The van der Waals surface area contributed by atoms with Gasteiger partial charge in [-0.15, -0.1) is 11.3 Å². The van der Waals surface area contributed by atoms with Gasteiger partial charge in [-0.25, -0.2) is 4.98 Å². The molecule has 1 aliphatic rings. The van der Waals surface area contributed by atoms with Gasteiger partial charge in [0.25, 0.3) is 0 Å². The molecular formula is C15H24N2OS. The summed E-state index contributed by atoms with van der Waals surface area (Å²) in [5.41, 5.74) is 1.06. The zero-order valence-electron chi connectivity index (χ0n) is 11.9. The predicted molar refractivity (Wildman–Crippen MR) is 80.6 cm³/mol. The van der Waals surface area contributed by atoms with E-state index in [1.165, 1.54) is 43.4 Å². The lowest BCUT2D eigenvalue weighted by molar-refractivity contribution is -0.116. The largest absolute Gasteiger partial charge is 0.302 e. The molecule has 19 heavy (non-hydrogen) atoms. The molecule has 0 radical (unpaired) electrons. The van der Waals surface area contributed by atoms with Crippen LogP contribution in [0.25, 0.3) is 0 Å². The quantitative estimate of drug-likeness (QED) is 0.858. The number of rotatable bonds is 5. The first kappa shape index (κ1) is 14.5. The summed E-state index contributed by atoms with van der Waals surface area (Å²) in [6.07, 6.45) is 8.35. The van der Waals surface area contributed by atoms with Crippen molar-refractivity contribution in [2.75, 3.05) is 5.32 Å². The highest BCUT2D eigenvalue weighted by Gasteiger charge is 2.15. The van der Waals surface area contributed by atoms with Gasteiger partial charge in [0.05, 0.1) is 5.69 Å². The number of nitrogens with zero attached hydrogens (tertiary/aromatic N) is 1. The van der Waals surface area contributed by atoms with Crippen LogP contribution in [0.3, 0.4) is 0 Å². The van der Waals surface area contributed by atoms with Crippen LogP contribution in [0, 0.1) is 5.92 Å². The molecule has 1 heterocycles. The average molecular weight is 280 g/mol. The van der Waals surface area contributed by atoms with Crippen molar-refractivity contribution in [3.63, 3.8) is 0 Å². The van der Waals surface area contributed by atoms with Gasteiger partial charge in [0, 0.05) is 11.8 Å². The Morgan fingerprint density at radius 1 is 1.42 bits per heavy atom. The number of thiazole rings is 1. The molecule has 1 saturated carbocycles. The van der Waals surface area contributed by atoms with Crippen molar-refractivity contribution in [3.8, 4) is 0 Å². The van der Waals surface area contributed by atoms with E-state index in [4.69, 9.17) is 0 Å². The third-order valence-electron chi connectivity index (χ3n) is 3.86. The summed E-state index contributed by atoms with van der Waals surface area (Å²) in [5.74, 6) is 1.31. The van der Waals surface area contributed by atoms with E-state index in [0.717, 1.165) is 23.2 Å². The van der Waals surface area contributed by atoms with E-state index in [-0.39, 0.29) is 5.91 Å². The first-order valence-electron chi connectivity index (χ1n) is 7.40. The Kier molecular flexibility index (Phi) is 5.37. The molecule has 0 unspecified atom stereocenters. The summed E-state index contributed by atoms with van der Waals surface area (Å²) in [6, 6.07) is 0. The van der Waals surface area contributed by atoms with Crippen LogP contribution in [-0.2, 0) is 4.79 Å². The number of nitrogens with one attached hydrogen (secondary N) is 1. The Morgan fingerprint density at radius 3 is 2.79 bits per heavy atom. The summed E-state index contributed by atoms with van der Waals surface area (Å²) in [6.45, 7) is 4.23. The number of hydrogen-bond donors (Lipinski definition) is 1. The van der Waals surface area contributed by atoms with E-state index >= 15 is 0 Å². The summed E-state index contributed by atoms with van der Waals surface area (Å²) in [5, 5.41) is 5.70. The van der Waals surface area contributed by atoms with Crippen molar-refractivity contribution < 1.29 is 4.79 Å². The van der Waals surface area contributed by atoms with Crippen LogP contribution in [0.2, 0.25) is 0 Å².